The van der Waals surface area contributed by atoms with Crippen molar-refractivity contribution in [3.63, 3.8) is 0 Å². The summed E-state index contributed by atoms with van der Waals surface area (Å²) in [5.41, 5.74) is 8.30. The lowest BCUT2D eigenvalue weighted by molar-refractivity contribution is -0.137. The zero-order valence-electron chi connectivity index (χ0n) is 43.3. The molecule has 1 aliphatic heterocycles. The van der Waals surface area contributed by atoms with E-state index >= 15 is 0 Å². The van der Waals surface area contributed by atoms with Crippen LogP contribution in [0.3, 0.4) is 0 Å². The molecule has 0 radical (unpaired) electrons. The Labute approximate surface area is 440 Å². The van der Waals surface area contributed by atoms with Gasteiger partial charge in [-0.1, -0.05) is 121 Å². The quantitative estimate of drug-likeness (QED) is 0.0445. The number of carbonyl (C=O) groups excluding carboxylic acids is 2. The summed E-state index contributed by atoms with van der Waals surface area (Å²) in [5.74, 6) is 0.969. The fraction of sp³-hybridized carbons (Fsp3) is 0.306. The second-order valence-electron chi connectivity index (χ2n) is 20.0. The van der Waals surface area contributed by atoms with Gasteiger partial charge in [-0.25, -0.2) is 4.79 Å². The Morgan fingerprint density at radius 2 is 1.21 bits per heavy atom. The van der Waals surface area contributed by atoms with Crippen molar-refractivity contribution in [3.05, 3.63) is 203 Å². The smallest absolute Gasteiger partial charge is 0.410 e. The molecule has 8 aromatic rings. The third kappa shape index (κ3) is 16.3. The molecule has 1 saturated heterocycles. The van der Waals surface area contributed by atoms with E-state index in [0.29, 0.717) is 52.1 Å². The number of carbonyl (C=O) groups is 3. The number of H-pyrrole nitrogens is 2. The number of para-hydroxylation sites is 2. The van der Waals surface area contributed by atoms with Crippen LogP contribution in [0.5, 0.6) is 11.5 Å². The van der Waals surface area contributed by atoms with Crippen LogP contribution in [0.15, 0.2) is 170 Å². The highest BCUT2D eigenvalue weighted by atomic mass is 16.6. The van der Waals surface area contributed by atoms with E-state index in [1.54, 1.807) is 4.90 Å². The van der Waals surface area contributed by atoms with Crippen LogP contribution < -0.4 is 20.1 Å². The second kappa shape index (κ2) is 26.4. The molecule has 0 spiro atoms. The van der Waals surface area contributed by atoms with E-state index in [9.17, 15) is 19.5 Å². The Bertz CT molecular complexity index is 3040. The molecule has 0 bridgehead atoms. The van der Waals surface area contributed by atoms with Crippen molar-refractivity contribution in [2.24, 2.45) is 0 Å². The molecule has 5 N–H and O–H groups in total. The van der Waals surface area contributed by atoms with E-state index < -0.39 is 17.7 Å². The van der Waals surface area contributed by atoms with Gasteiger partial charge in [0.1, 0.15) is 30.3 Å². The van der Waals surface area contributed by atoms with Crippen LogP contribution in [0, 0.1) is 0 Å². The number of piperazine rings is 1. The maximum Gasteiger partial charge on any atom is 0.410 e. The van der Waals surface area contributed by atoms with Gasteiger partial charge in [-0.2, -0.15) is 0 Å². The van der Waals surface area contributed by atoms with Crippen molar-refractivity contribution in [2.45, 2.75) is 83.8 Å². The van der Waals surface area contributed by atoms with Crippen LogP contribution >= 0.6 is 0 Å². The lowest BCUT2D eigenvalue weighted by Crippen LogP contribution is -2.56. The van der Waals surface area contributed by atoms with Crippen molar-refractivity contribution in [1.29, 1.82) is 0 Å². The number of nitrogens with one attached hydrogen (secondary N) is 4. The van der Waals surface area contributed by atoms with Gasteiger partial charge in [-0.05, 0) is 116 Å². The Kier molecular flexibility index (Phi) is 18.8. The summed E-state index contributed by atoms with van der Waals surface area (Å²) in [5, 5.41) is 18.6. The predicted molar refractivity (Wildman–Crippen MR) is 296 cm³/mol. The highest BCUT2D eigenvalue weighted by Crippen LogP contribution is 2.23. The molecule has 6 aromatic carbocycles. The van der Waals surface area contributed by atoms with Crippen LogP contribution in [-0.2, 0) is 53.2 Å². The number of nitrogens with zero attached hydrogens (tertiary/aromatic N) is 2. The number of fused-ring (bicyclic) bond motifs is 2. The first kappa shape index (κ1) is 53.4. The van der Waals surface area contributed by atoms with Gasteiger partial charge in [0.2, 0.25) is 5.91 Å². The average molecular weight is 1010 g/mol. The molecular formula is C62H70N6O7. The molecule has 9 rings (SSSR count). The Balaban J connectivity index is 0.000000205. The molecule has 13 nitrogen and oxygen atoms in total. The monoisotopic (exact) mass is 1010 g/mol. The molecule has 1 fully saturated rings. The van der Waals surface area contributed by atoms with E-state index in [2.05, 4.69) is 57.0 Å². The number of carboxylic acids is 1. The third-order valence-corrected chi connectivity index (χ3v) is 13.2. The topological polar surface area (TPSA) is 161 Å². The average Bonchev–Trinajstić information content (AvgIpc) is 4.03. The molecule has 1 aliphatic rings. The summed E-state index contributed by atoms with van der Waals surface area (Å²) >= 11 is 0. The fourth-order valence-corrected chi connectivity index (χ4v) is 9.23. The number of ether oxygens (including phenoxy) is 3. The molecule has 2 amide bonds. The third-order valence-electron chi connectivity index (χ3n) is 13.2. The summed E-state index contributed by atoms with van der Waals surface area (Å²) < 4.78 is 17.4. The molecule has 3 heterocycles. The summed E-state index contributed by atoms with van der Waals surface area (Å²) in [6.07, 6.45) is 6.29. The van der Waals surface area contributed by atoms with Crippen molar-refractivity contribution in [1.82, 2.24) is 30.4 Å². The fourth-order valence-electron chi connectivity index (χ4n) is 9.23. The van der Waals surface area contributed by atoms with Crippen LogP contribution in [0.1, 0.15) is 60.6 Å². The molecular weight excluding hydrogens is 941 g/mol. The van der Waals surface area contributed by atoms with Crippen molar-refractivity contribution < 1.29 is 33.7 Å². The first-order chi connectivity index (χ1) is 36.4. The van der Waals surface area contributed by atoms with Gasteiger partial charge in [0.15, 0.2) is 0 Å². The van der Waals surface area contributed by atoms with Gasteiger partial charge in [-0.3, -0.25) is 9.59 Å². The minimum atomic E-state index is -0.868. The zero-order chi connectivity index (χ0) is 52.4. The number of benzene rings is 6. The normalized spacial score (nSPS) is 14.0. The number of hydrogen-bond acceptors (Lipinski definition) is 8. The number of hydrogen-bond donors (Lipinski definition) is 5. The number of aromatic amines is 2. The standard InChI is InChI=1S/C34H41N3O5.C28H29N3O2/c1-34(2,3)42-33(40)37(19-17-25-13-15-29(16-14-25)41-24-26-9-5-4-6-10-26)20-18-35-28(22-32(38)39)21-27-23-36-31-12-8-7-11-30(27)31;32-28-27(18-23-19-30-26-9-5-4-8-25(23)26)29-15-17-31(28)16-14-21-10-12-24(13-11-21)33-20-22-6-2-1-3-7-22/h4-16,23,28,35-36H,17-22,24H2,1-3H3,(H,38,39);1-13,19,27,29-30H,14-18,20H2/t28-;/m0./s1. The SMILES string of the molecule is CC(C)(C)OC(=O)N(CCN[C@H](CC(=O)O)Cc1c[nH]c2ccccc12)CCc1ccc(OCc2ccccc2)cc1.O=C1C(Cc2c[nH]c3ccccc23)NCCN1CCc1ccc(OCc2ccccc2)cc1. The Hall–Kier alpha value is -7.87. The summed E-state index contributed by atoms with van der Waals surface area (Å²) in [4.78, 5) is 48.0. The summed E-state index contributed by atoms with van der Waals surface area (Å²) in [6.45, 7) is 10.2. The van der Waals surface area contributed by atoms with E-state index in [1.807, 2.05) is 159 Å². The predicted octanol–water partition coefficient (Wildman–Crippen LogP) is 10.5. The maximum absolute atomic E-state index is 13.1. The van der Waals surface area contributed by atoms with Crippen molar-refractivity contribution in [3.8, 4) is 11.5 Å². The largest absolute Gasteiger partial charge is 0.489 e. The first-order valence-electron chi connectivity index (χ1n) is 26.0. The lowest BCUT2D eigenvalue weighted by Gasteiger charge is -2.33. The van der Waals surface area contributed by atoms with Crippen molar-refractivity contribution >= 4 is 39.8 Å². The first-order valence-corrected chi connectivity index (χ1v) is 26.0. The summed E-state index contributed by atoms with van der Waals surface area (Å²) in [6, 6.07) is 52.1. The second-order valence-corrected chi connectivity index (χ2v) is 20.0. The molecule has 2 atom stereocenters. The van der Waals surface area contributed by atoms with Crippen molar-refractivity contribution in [2.75, 3.05) is 39.3 Å². The molecule has 13 heteroatoms. The van der Waals surface area contributed by atoms with Crippen LogP contribution in [-0.4, -0.2) is 99.8 Å². The highest BCUT2D eigenvalue weighted by molar-refractivity contribution is 5.87. The zero-order valence-corrected chi connectivity index (χ0v) is 43.3. The minimum Gasteiger partial charge on any atom is -0.489 e. The van der Waals surface area contributed by atoms with Gasteiger partial charge in [0.25, 0.3) is 0 Å². The number of amides is 2. The number of aliphatic carboxylic acids is 1. The van der Waals surface area contributed by atoms with E-state index in [1.165, 1.54) is 16.5 Å². The van der Waals surface area contributed by atoms with Gasteiger partial charge in [-0.15, -0.1) is 0 Å². The number of carboxylic acid groups (broad SMARTS) is 1. The Morgan fingerprint density at radius 1 is 0.680 bits per heavy atom. The summed E-state index contributed by atoms with van der Waals surface area (Å²) in [7, 11) is 0. The van der Waals surface area contributed by atoms with E-state index in [0.717, 1.165) is 76.2 Å². The molecule has 75 heavy (non-hydrogen) atoms. The van der Waals surface area contributed by atoms with Crippen LogP contribution in [0.4, 0.5) is 4.79 Å². The number of rotatable bonds is 22. The molecule has 1 unspecified atom stereocenters. The van der Waals surface area contributed by atoms with Gasteiger partial charge >= 0.3 is 12.1 Å². The number of aromatic nitrogens is 2. The lowest BCUT2D eigenvalue weighted by atomic mass is 10.0. The van der Waals surface area contributed by atoms with Gasteiger partial charge in [0, 0.05) is 79.5 Å². The van der Waals surface area contributed by atoms with Gasteiger partial charge in [0.05, 0.1) is 12.5 Å². The highest BCUT2D eigenvalue weighted by Gasteiger charge is 2.29. The molecule has 390 valence electrons. The van der Waals surface area contributed by atoms with Gasteiger partial charge < -0.3 is 49.7 Å². The molecule has 0 saturated carbocycles. The molecule has 0 aliphatic carbocycles. The van der Waals surface area contributed by atoms with E-state index in [-0.39, 0.29) is 24.4 Å². The maximum atomic E-state index is 13.1. The Morgan fingerprint density at radius 3 is 1.79 bits per heavy atom. The van der Waals surface area contributed by atoms with Crippen LogP contribution in [0.25, 0.3) is 21.8 Å². The van der Waals surface area contributed by atoms with Crippen LogP contribution in [0.2, 0.25) is 0 Å². The minimum absolute atomic E-state index is 0.0232. The van der Waals surface area contributed by atoms with E-state index in [4.69, 9.17) is 14.2 Å². The molecule has 2 aromatic heterocycles.